The number of halogens is 2. The lowest BCUT2D eigenvalue weighted by atomic mass is 9.95. The van der Waals surface area contributed by atoms with Gasteiger partial charge in [-0.25, -0.2) is 8.78 Å². The van der Waals surface area contributed by atoms with E-state index in [1.807, 2.05) is 17.5 Å². The number of likely N-dealkylation sites (tertiary alicyclic amines) is 1. The smallest absolute Gasteiger partial charge is 0.256 e. The van der Waals surface area contributed by atoms with Gasteiger partial charge in [0.15, 0.2) is 0 Å². The van der Waals surface area contributed by atoms with Crippen LogP contribution in [0.4, 0.5) is 8.78 Å². The molecule has 138 valence electrons. The molecule has 0 aliphatic carbocycles. The second kappa shape index (κ2) is 8.40. The summed E-state index contributed by atoms with van der Waals surface area (Å²) >= 11 is 1.66. The number of hydrogen-bond donors (Lipinski definition) is 1. The fourth-order valence-corrected chi connectivity index (χ4v) is 3.80. The molecule has 2 aromatic rings. The first-order valence-corrected chi connectivity index (χ1v) is 9.47. The molecule has 0 unspecified atom stereocenters. The number of nitrogens with zero attached hydrogens (tertiary/aromatic N) is 1. The minimum Gasteiger partial charge on any atom is -0.355 e. The van der Waals surface area contributed by atoms with Crippen molar-refractivity contribution in [1.82, 2.24) is 10.2 Å². The highest BCUT2D eigenvalue weighted by Gasteiger charge is 2.28. The molecule has 0 saturated carbocycles. The number of piperidine rings is 1. The van der Waals surface area contributed by atoms with E-state index in [2.05, 4.69) is 5.32 Å². The molecule has 1 N–H and O–H groups in total. The van der Waals surface area contributed by atoms with Crippen LogP contribution < -0.4 is 5.32 Å². The first kappa shape index (κ1) is 18.5. The van der Waals surface area contributed by atoms with Gasteiger partial charge in [0.25, 0.3) is 5.91 Å². The summed E-state index contributed by atoms with van der Waals surface area (Å²) in [6.07, 6.45) is 1.89. The molecule has 0 radical (unpaired) electrons. The van der Waals surface area contributed by atoms with Crippen LogP contribution in [0.1, 0.15) is 28.1 Å². The van der Waals surface area contributed by atoms with Gasteiger partial charge < -0.3 is 10.2 Å². The molecule has 4 nitrogen and oxygen atoms in total. The SMILES string of the molecule is O=C(NCCc1cccs1)C1CCN(C(=O)c2ccc(F)cc2F)CC1. The van der Waals surface area contributed by atoms with E-state index >= 15 is 0 Å². The summed E-state index contributed by atoms with van der Waals surface area (Å²) in [6.45, 7) is 1.37. The van der Waals surface area contributed by atoms with Crippen molar-refractivity contribution in [2.45, 2.75) is 19.3 Å². The minimum atomic E-state index is -0.858. The van der Waals surface area contributed by atoms with Gasteiger partial charge in [0, 0.05) is 36.5 Å². The first-order chi connectivity index (χ1) is 12.5. The number of benzene rings is 1. The van der Waals surface area contributed by atoms with E-state index < -0.39 is 17.5 Å². The first-order valence-electron chi connectivity index (χ1n) is 8.59. The lowest BCUT2D eigenvalue weighted by Crippen LogP contribution is -2.43. The number of thiophene rings is 1. The van der Waals surface area contributed by atoms with Crippen LogP contribution in [0.3, 0.4) is 0 Å². The molecule has 1 fully saturated rings. The Morgan fingerprint density at radius 2 is 1.96 bits per heavy atom. The highest BCUT2D eigenvalue weighted by molar-refractivity contribution is 7.09. The molecule has 0 bridgehead atoms. The molecule has 3 rings (SSSR count). The average molecular weight is 378 g/mol. The van der Waals surface area contributed by atoms with Crippen molar-refractivity contribution in [2.24, 2.45) is 5.92 Å². The van der Waals surface area contributed by atoms with Gasteiger partial charge in [0.1, 0.15) is 11.6 Å². The van der Waals surface area contributed by atoms with Crippen molar-refractivity contribution in [3.63, 3.8) is 0 Å². The number of rotatable bonds is 5. The normalized spacial score (nSPS) is 15.1. The predicted molar refractivity (Wildman–Crippen MR) is 96.0 cm³/mol. The summed E-state index contributed by atoms with van der Waals surface area (Å²) in [5.41, 5.74) is -0.134. The second-order valence-electron chi connectivity index (χ2n) is 6.31. The topological polar surface area (TPSA) is 49.4 Å². The zero-order valence-electron chi connectivity index (χ0n) is 14.2. The molecule has 1 aliphatic rings. The Morgan fingerprint density at radius 1 is 1.19 bits per heavy atom. The molecule has 26 heavy (non-hydrogen) atoms. The summed E-state index contributed by atoms with van der Waals surface area (Å²) in [4.78, 5) is 27.4. The number of carbonyl (C=O) groups excluding carboxylic acids is 2. The van der Waals surface area contributed by atoms with Gasteiger partial charge >= 0.3 is 0 Å². The van der Waals surface area contributed by atoms with Crippen LogP contribution in [-0.2, 0) is 11.2 Å². The molecule has 7 heteroatoms. The third-order valence-electron chi connectivity index (χ3n) is 4.57. The predicted octanol–water partition coefficient (Wildman–Crippen LogP) is 3.24. The maximum absolute atomic E-state index is 13.8. The van der Waals surface area contributed by atoms with Crippen LogP contribution in [0.25, 0.3) is 0 Å². The number of amides is 2. The molecular weight excluding hydrogens is 358 g/mol. The molecular formula is C19H20F2N2O2S. The Balaban J connectivity index is 1.47. The number of carbonyl (C=O) groups is 2. The summed E-state index contributed by atoms with van der Waals surface area (Å²) in [5.74, 6) is -2.17. The van der Waals surface area contributed by atoms with Crippen LogP contribution >= 0.6 is 11.3 Å². The van der Waals surface area contributed by atoms with Gasteiger partial charge in [-0.15, -0.1) is 11.3 Å². The van der Waals surface area contributed by atoms with E-state index in [0.29, 0.717) is 38.5 Å². The summed E-state index contributed by atoms with van der Waals surface area (Å²) < 4.78 is 26.7. The van der Waals surface area contributed by atoms with E-state index in [-0.39, 0.29) is 17.4 Å². The molecule has 1 aromatic carbocycles. The van der Waals surface area contributed by atoms with Crippen molar-refractivity contribution in [2.75, 3.05) is 19.6 Å². The lowest BCUT2D eigenvalue weighted by Gasteiger charge is -2.31. The van der Waals surface area contributed by atoms with Crippen molar-refractivity contribution in [1.29, 1.82) is 0 Å². The molecule has 2 heterocycles. The van der Waals surface area contributed by atoms with Gasteiger partial charge in [0.05, 0.1) is 5.56 Å². The third kappa shape index (κ3) is 4.46. The van der Waals surface area contributed by atoms with Crippen molar-refractivity contribution in [3.8, 4) is 0 Å². The quantitative estimate of drug-likeness (QED) is 0.868. The molecule has 0 atom stereocenters. The maximum Gasteiger partial charge on any atom is 0.256 e. The molecule has 1 aromatic heterocycles. The van der Waals surface area contributed by atoms with E-state index in [1.165, 1.54) is 9.78 Å². The van der Waals surface area contributed by atoms with E-state index in [0.717, 1.165) is 18.6 Å². The number of hydrogen-bond acceptors (Lipinski definition) is 3. The second-order valence-corrected chi connectivity index (χ2v) is 7.34. The van der Waals surface area contributed by atoms with Crippen LogP contribution in [0.2, 0.25) is 0 Å². The lowest BCUT2D eigenvalue weighted by molar-refractivity contribution is -0.126. The Morgan fingerprint density at radius 3 is 2.62 bits per heavy atom. The standard InChI is InChI=1S/C19H20F2N2O2S/c20-14-3-4-16(17(21)12-14)19(25)23-9-6-13(7-10-23)18(24)22-8-5-15-2-1-11-26-15/h1-4,11-13H,5-10H2,(H,22,24). The fourth-order valence-electron chi connectivity index (χ4n) is 3.09. The van der Waals surface area contributed by atoms with E-state index in [1.54, 1.807) is 11.3 Å². The van der Waals surface area contributed by atoms with Gasteiger partial charge in [0.2, 0.25) is 5.91 Å². The highest BCUT2D eigenvalue weighted by atomic mass is 32.1. The Hall–Kier alpha value is -2.28. The number of nitrogens with one attached hydrogen (secondary N) is 1. The fraction of sp³-hybridized carbons (Fsp3) is 0.368. The van der Waals surface area contributed by atoms with Crippen molar-refractivity contribution < 1.29 is 18.4 Å². The third-order valence-corrected chi connectivity index (χ3v) is 5.50. The van der Waals surface area contributed by atoms with Crippen molar-refractivity contribution in [3.05, 3.63) is 57.8 Å². The Bertz CT molecular complexity index is 772. The van der Waals surface area contributed by atoms with Crippen LogP contribution in [0, 0.1) is 17.6 Å². The largest absolute Gasteiger partial charge is 0.355 e. The van der Waals surface area contributed by atoms with Gasteiger partial charge in [-0.2, -0.15) is 0 Å². The molecule has 0 spiro atoms. The molecule has 1 aliphatic heterocycles. The zero-order chi connectivity index (χ0) is 18.5. The maximum atomic E-state index is 13.8. The van der Waals surface area contributed by atoms with Gasteiger partial charge in [-0.3, -0.25) is 9.59 Å². The van der Waals surface area contributed by atoms with Crippen LogP contribution in [0.5, 0.6) is 0 Å². The molecule has 1 saturated heterocycles. The summed E-state index contributed by atoms with van der Waals surface area (Å²) in [6, 6.07) is 6.97. The van der Waals surface area contributed by atoms with Gasteiger partial charge in [-0.05, 0) is 42.8 Å². The van der Waals surface area contributed by atoms with Crippen LogP contribution in [-0.4, -0.2) is 36.3 Å². The summed E-state index contributed by atoms with van der Waals surface area (Å²) in [5, 5.41) is 4.95. The van der Waals surface area contributed by atoms with E-state index in [4.69, 9.17) is 0 Å². The van der Waals surface area contributed by atoms with E-state index in [9.17, 15) is 18.4 Å². The Kier molecular flexibility index (Phi) is 5.98. The minimum absolute atomic E-state index is 0.00150. The zero-order valence-corrected chi connectivity index (χ0v) is 15.0. The average Bonchev–Trinajstić information content (AvgIpc) is 3.15. The van der Waals surface area contributed by atoms with Crippen LogP contribution in [0.15, 0.2) is 35.7 Å². The van der Waals surface area contributed by atoms with Crippen molar-refractivity contribution >= 4 is 23.2 Å². The summed E-state index contributed by atoms with van der Waals surface area (Å²) in [7, 11) is 0. The monoisotopic (exact) mass is 378 g/mol. The molecule has 2 amide bonds. The highest BCUT2D eigenvalue weighted by Crippen LogP contribution is 2.21. The van der Waals surface area contributed by atoms with Gasteiger partial charge in [-0.1, -0.05) is 6.07 Å². The Labute approximate surface area is 154 Å².